The van der Waals surface area contributed by atoms with Crippen molar-refractivity contribution in [1.82, 2.24) is 5.32 Å². The van der Waals surface area contributed by atoms with E-state index in [1.54, 1.807) is 19.1 Å². The van der Waals surface area contributed by atoms with Crippen molar-refractivity contribution in [2.75, 3.05) is 18.0 Å². The fourth-order valence-corrected chi connectivity index (χ4v) is 3.66. The standard InChI is InChI=1S/C20H19ClF3N3.C2H6/c1-13-8-15(10-25)17(20(22,23)24)9-19(13)27(16-6-7-26-11-16)12-14-4-2-3-5-18(14)21;1-2/h2-5,8-9,16,26H,6-7,11-12H2,1H3;1-2H3. The Bertz CT molecular complexity index is 869. The van der Waals surface area contributed by atoms with E-state index in [2.05, 4.69) is 5.32 Å². The Hall–Kier alpha value is -2.23. The molecule has 1 fully saturated rings. The van der Waals surface area contributed by atoms with E-state index >= 15 is 0 Å². The van der Waals surface area contributed by atoms with E-state index in [0.717, 1.165) is 24.6 Å². The molecule has 1 N–H and O–H groups in total. The second-order valence-electron chi connectivity index (χ2n) is 6.66. The number of hydrogen-bond acceptors (Lipinski definition) is 3. The number of alkyl halides is 3. The summed E-state index contributed by atoms with van der Waals surface area (Å²) in [4.78, 5) is 1.97. The second kappa shape index (κ2) is 10.00. The number of nitrogens with one attached hydrogen (secondary N) is 1. The molecule has 2 aromatic carbocycles. The molecule has 2 aromatic rings. The van der Waals surface area contributed by atoms with Crippen molar-refractivity contribution in [3.05, 3.63) is 63.7 Å². The van der Waals surface area contributed by atoms with Crippen LogP contribution >= 0.6 is 11.6 Å². The molecular formula is C22H25ClF3N3. The van der Waals surface area contributed by atoms with Crippen LogP contribution in [-0.4, -0.2) is 19.1 Å². The minimum Gasteiger partial charge on any atom is -0.363 e. The molecule has 29 heavy (non-hydrogen) atoms. The zero-order valence-corrected chi connectivity index (χ0v) is 17.5. The van der Waals surface area contributed by atoms with E-state index in [0.29, 0.717) is 29.4 Å². The van der Waals surface area contributed by atoms with Gasteiger partial charge in [0.2, 0.25) is 0 Å². The van der Waals surface area contributed by atoms with Gasteiger partial charge in [-0.2, -0.15) is 18.4 Å². The number of nitriles is 1. The minimum atomic E-state index is -4.59. The largest absolute Gasteiger partial charge is 0.417 e. The zero-order valence-electron chi connectivity index (χ0n) is 16.8. The van der Waals surface area contributed by atoms with Gasteiger partial charge in [-0.15, -0.1) is 0 Å². The van der Waals surface area contributed by atoms with Crippen molar-refractivity contribution < 1.29 is 13.2 Å². The predicted molar refractivity (Wildman–Crippen MR) is 111 cm³/mol. The summed E-state index contributed by atoms with van der Waals surface area (Å²) in [6.07, 6.45) is -3.76. The smallest absolute Gasteiger partial charge is 0.363 e. The van der Waals surface area contributed by atoms with Crippen LogP contribution in [0.1, 0.15) is 42.5 Å². The molecule has 1 saturated heterocycles. The van der Waals surface area contributed by atoms with Gasteiger partial charge in [-0.25, -0.2) is 0 Å². The van der Waals surface area contributed by atoms with Crippen LogP contribution in [0, 0.1) is 18.3 Å². The Morgan fingerprint density at radius 1 is 1.24 bits per heavy atom. The van der Waals surface area contributed by atoms with Crippen molar-refractivity contribution in [1.29, 1.82) is 5.26 Å². The van der Waals surface area contributed by atoms with Gasteiger partial charge in [-0.1, -0.05) is 43.6 Å². The van der Waals surface area contributed by atoms with Crippen LogP contribution in [-0.2, 0) is 12.7 Å². The Labute approximate surface area is 175 Å². The highest BCUT2D eigenvalue weighted by Crippen LogP contribution is 2.37. The fourth-order valence-electron chi connectivity index (χ4n) is 3.46. The first-order chi connectivity index (χ1) is 13.8. The lowest BCUT2D eigenvalue weighted by atomic mass is 10.00. The van der Waals surface area contributed by atoms with Crippen LogP contribution in [0.2, 0.25) is 5.02 Å². The van der Waals surface area contributed by atoms with Gasteiger partial charge in [0.15, 0.2) is 0 Å². The third kappa shape index (κ3) is 5.43. The first-order valence-electron chi connectivity index (χ1n) is 9.64. The third-order valence-corrected chi connectivity index (χ3v) is 5.21. The average molecular weight is 424 g/mol. The Morgan fingerprint density at radius 3 is 2.48 bits per heavy atom. The van der Waals surface area contributed by atoms with Crippen molar-refractivity contribution in [3.63, 3.8) is 0 Å². The Balaban J connectivity index is 0.00000145. The summed E-state index contributed by atoms with van der Waals surface area (Å²) in [5.74, 6) is 0. The highest BCUT2D eigenvalue weighted by Gasteiger charge is 2.35. The summed E-state index contributed by atoms with van der Waals surface area (Å²) >= 11 is 6.29. The summed E-state index contributed by atoms with van der Waals surface area (Å²) in [6, 6.07) is 11.5. The molecule has 3 nitrogen and oxygen atoms in total. The molecule has 1 unspecified atom stereocenters. The number of aryl methyl sites for hydroxylation is 1. The van der Waals surface area contributed by atoms with Gasteiger partial charge in [-0.05, 0) is 49.2 Å². The molecule has 0 bridgehead atoms. The SMILES string of the molecule is CC.Cc1cc(C#N)c(C(F)(F)F)cc1N(Cc1ccccc1Cl)C1CCNC1. The lowest BCUT2D eigenvalue weighted by molar-refractivity contribution is -0.137. The second-order valence-corrected chi connectivity index (χ2v) is 7.07. The molecule has 3 rings (SSSR count). The molecule has 0 saturated carbocycles. The zero-order chi connectivity index (χ0) is 21.6. The number of benzene rings is 2. The number of anilines is 1. The van der Waals surface area contributed by atoms with E-state index in [1.807, 2.05) is 36.9 Å². The third-order valence-electron chi connectivity index (χ3n) is 4.84. The van der Waals surface area contributed by atoms with Crippen molar-refractivity contribution in [2.24, 2.45) is 0 Å². The van der Waals surface area contributed by atoms with Crippen LogP contribution in [0.15, 0.2) is 36.4 Å². The minimum absolute atomic E-state index is 0.0500. The average Bonchev–Trinajstić information content (AvgIpc) is 3.22. The number of halogens is 4. The highest BCUT2D eigenvalue weighted by molar-refractivity contribution is 6.31. The topological polar surface area (TPSA) is 39.1 Å². The molecule has 0 amide bonds. The molecule has 0 aliphatic carbocycles. The number of nitrogens with zero attached hydrogens (tertiary/aromatic N) is 2. The van der Waals surface area contributed by atoms with Gasteiger partial charge >= 0.3 is 6.18 Å². The van der Waals surface area contributed by atoms with Crippen LogP contribution in [0.25, 0.3) is 0 Å². The molecule has 7 heteroatoms. The summed E-state index contributed by atoms with van der Waals surface area (Å²) < 4.78 is 40.4. The van der Waals surface area contributed by atoms with Gasteiger partial charge in [0, 0.05) is 29.8 Å². The fraction of sp³-hybridized carbons (Fsp3) is 0.409. The van der Waals surface area contributed by atoms with E-state index in [9.17, 15) is 13.2 Å². The van der Waals surface area contributed by atoms with Gasteiger partial charge in [-0.3, -0.25) is 0 Å². The van der Waals surface area contributed by atoms with Crippen LogP contribution in [0.5, 0.6) is 0 Å². The summed E-state index contributed by atoms with van der Waals surface area (Å²) in [6.45, 7) is 7.63. The quantitative estimate of drug-likeness (QED) is 0.662. The van der Waals surface area contributed by atoms with Crippen LogP contribution in [0.3, 0.4) is 0 Å². The number of rotatable bonds is 4. The predicted octanol–water partition coefficient (Wildman–Crippen LogP) is 5.93. The van der Waals surface area contributed by atoms with Gasteiger partial charge < -0.3 is 10.2 Å². The summed E-state index contributed by atoms with van der Waals surface area (Å²) in [5.41, 5.74) is 0.712. The van der Waals surface area contributed by atoms with E-state index < -0.39 is 11.7 Å². The maximum absolute atomic E-state index is 13.5. The normalized spacial score (nSPS) is 16.0. The summed E-state index contributed by atoms with van der Waals surface area (Å²) in [5, 5.41) is 13.0. The van der Waals surface area contributed by atoms with E-state index in [4.69, 9.17) is 16.9 Å². The molecule has 1 aliphatic rings. The molecule has 156 valence electrons. The van der Waals surface area contributed by atoms with E-state index in [1.165, 1.54) is 6.07 Å². The van der Waals surface area contributed by atoms with E-state index in [-0.39, 0.29) is 11.6 Å². The Kier molecular flexibility index (Phi) is 7.95. The maximum Gasteiger partial charge on any atom is 0.417 e. The van der Waals surface area contributed by atoms with Crippen molar-refractivity contribution in [2.45, 2.75) is 46.0 Å². The van der Waals surface area contributed by atoms with Crippen molar-refractivity contribution >= 4 is 17.3 Å². The van der Waals surface area contributed by atoms with Crippen LogP contribution < -0.4 is 10.2 Å². The lowest BCUT2D eigenvalue weighted by Gasteiger charge is -2.33. The highest BCUT2D eigenvalue weighted by atomic mass is 35.5. The van der Waals surface area contributed by atoms with Gasteiger partial charge in [0.1, 0.15) is 0 Å². The molecule has 1 heterocycles. The molecular weight excluding hydrogens is 399 g/mol. The summed E-state index contributed by atoms with van der Waals surface area (Å²) in [7, 11) is 0. The van der Waals surface area contributed by atoms with Gasteiger partial charge in [0.25, 0.3) is 0 Å². The Morgan fingerprint density at radius 2 is 1.93 bits per heavy atom. The molecule has 0 aromatic heterocycles. The maximum atomic E-state index is 13.5. The molecule has 1 atom stereocenters. The van der Waals surface area contributed by atoms with Gasteiger partial charge in [0.05, 0.1) is 17.2 Å². The monoisotopic (exact) mass is 423 g/mol. The first-order valence-corrected chi connectivity index (χ1v) is 10.0. The molecule has 1 aliphatic heterocycles. The van der Waals surface area contributed by atoms with Crippen molar-refractivity contribution in [3.8, 4) is 6.07 Å². The van der Waals surface area contributed by atoms with Crippen LogP contribution in [0.4, 0.5) is 18.9 Å². The molecule has 0 spiro atoms. The lowest BCUT2D eigenvalue weighted by Crippen LogP contribution is -2.37. The first kappa shape index (κ1) is 23.1. The molecule has 0 radical (unpaired) electrons. The number of hydrogen-bond donors (Lipinski definition) is 1.